The molecular formula is C47H79N3O18P2. The third-order valence-corrected chi connectivity index (χ3v) is 13.9. The van der Waals surface area contributed by atoms with Crippen molar-refractivity contribution in [3.63, 3.8) is 0 Å². The predicted octanol–water partition coefficient (Wildman–Crippen LogP) is 6.16. The molecule has 0 spiro atoms. The third-order valence-electron chi connectivity index (χ3n) is 11.3. The van der Waals surface area contributed by atoms with Gasteiger partial charge in [-0.15, -0.1) is 0 Å². The Hall–Kier alpha value is -3.40. The molecule has 1 aliphatic rings. The second kappa shape index (κ2) is 34.9. The number of hydrogen-bond donors (Lipinski definition) is 8. The molecule has 1 saturated heterocycles. The lowest BCUT2D eigenvalue weighted by Gasteiger charge is -2.21. The smallest absolute Gasteiger partial charge is 0.462 e. The average Bonchev–Trinajstić information content (AvgIpc) is 3.58. The van der Waals surface area contributed by atoms with E-state index >= 15 is 0 Å². The van der Waals surface area contributed by atoms with Crippen LogP contribution < -0.4 is 11.4 Å². The summed E-state index contributed by atoms with van der Waals surface area (Å²) in [6.07, 6.45) is 17.2. The van der Waals surface area contributed by atoms with Gasteiger partial charge >= 0.3 is 33.3 Å². The molecule has 2 rings (SSSR count). The van der Waals surface area contributed by atoms with Crippen LogP contribution in [0.4, 0.5) is 5.82 Å². The van der Waals surface area contributed by atoms with Gasteiger partial charge in [0, 0.05) is 19.0 Å². The first-order chi connectivity index (χ1) is 33.3. The summed E-state index contributed by atoms with van der Waals surface area (Å²) in [6.45, 7) is 3.95. The number of unbranched alkanes of at least 4 members (excludes halogenated alkanes) is 9. The first-order valence-electron chi connectivity index (χ1n) is 24.4. The highest BCUT2D eigenvalue weighted by molar-refractivity contribution is 7.61. The number of esters is 2. The van der Waals surface area contributed by atoms with E-state index < -0.39 is 102 Å². The summed E-state index contributed by atoms with van der Waals surface area (Å²) in [5, 5.41) is 51.5. The second-order valence-corrected chi connectivity index (χ2v) is 20.5. The van der Waals surface area contributed by atoms with E-state index in [1.165, 1.54) is 37.8 Å². The van der Waals surface area contributed by atoms with Crippen LogP contribution in [-0.2, 0) is 46.3 Å². The quantitative estimate of drug-likeness (QED) is 0.0159. The number of phosphoric ester groups is 2. The Morgan fingerprint density at radius 3 is 2.04 bits per heavy atom. The molecule has 1 fully saturated rings. The number of carbonyl (C=O) groups is 2. The van der Waals surface area contributed by atoms with Gasteiger partial charge in [0.05, 0.1) is 31.5 Å². The molecule has 3 unspecified atom stereocenters. The van der Waals surface area contributed by atoms with Crippen molar-refractivity contribution in [1.82, 2.24) is 9.55 Å². The van der Waals surface area contributed by atoms with Crippen molar-refractivity contribution in [3.05, 3.63) is 71.4 Å². The number of nitrogens with zero attached hydrogens (tertiary/aromatic N) is 2. The molecule has 0 bridgehead atoms. The molecule has 1 aromatic heterocycles. The standard InChI is InChI=1S/C47H79N3O18P2/c1-4-6-17-24-36(51)25-19-14-11-12-15-20-26-38(52)39(53)27-22-29-42(54)63-32-37(66-43(55)28-21-16-10-8-7-9-13-18-23-35(3)5-2)33-64-69(59,60)68-70(61,62)65-34-40-44(56)45(57)46(67-40)50-31-30-41(48)49-47(50)58/h11-12,14-15,19-20,25-26,30-31,35-40,44-46,51-53,56-57H,4-10,13,16-18,21-24,27-29,32-34H2,1-3H3,(H,59,60)(H,61,62)(H2,48,49,58)/b14-11-,15-12+,25-19+,26-20+/t35?,36-,37-,38-,39-,40-,44-,45-,46-/m1/s1. The first-order valence-corrected chi connectivity index (χ1v) is 27.4. The highest BCUT2D eigenvalue weighted by atomic mass is 31.3. The molecule has 0 saturated carbocycles. The number of aromatic nitrogens is 2. The zero-order chi connectivity index (χ0) is 52.0. The molecule has 2 heterocycles. The Labute approximate surface area is 411 Å². The molecule has 1 aromatic rings. The number of ether oxygens (including phenoxy) is 3. The number of nitrogen functional groups attached to an aromatic ring is 1. The molecular weight excluding hydrogens is 956 g/mol. The van der Waals surface area contributed by atoms with Gasteiger partial charge in [-0.3, -0.25) is 23.2 Å². The van der Waals surface area contributed by atoms with Crippen LogP contribution in [0.15, 0.2) is 65.7 Å². The molecule has 11 atom stereocenters. The summed E-state index contributed by atoms with van der Waals surface area (Å²) in [7, 11) is -11.0. The fourth-order valence-electron chi connectivity index (χ4n) is 6.97. The SMILES string of the molecule is CCCCC[C@@H](O)/C=C/C=C\C=C\C=C\[C@@H](O)[C@H](O)CCCC(=O)OC[C@H](COP(=O)(O)OP(=O)(O)OC[C@H]1O[C@@H](n2ccc(N)nc2=O)[C@H](O)[C@@H]1O)OC(=O)CCCCCCCCCCC(C)CC. The number of hydrogen-bond acceptors (Lipinski definition) is 18. The van der Waals surface area contributed by atoms with E-state index in [9.17, 15) is 58.8 Å². The summed E-state index contributed by atoms with van der Waals surface area (Å²) in [6, 6.07) is 1.23. The van der Waals surface area contributed by atoms with Gasteiger partial charge in [0.1, 0.15) is 30.7 Å². The monoisotopic (exact) mass is 1040 g/mol. The molecule has 23 heteroatoms. The third kappa shape index (κ3) is 27.4. The van der Waals surface area contributed by atoms with Crippen molar-refractivity contribution in [1.29, 1.82) is 0 Å². The van der Waals surface area contributed by atoms with Gasteiger partial charge in [-0.2, -0.15) is 9.29 Å². The lowest BCUT2D eigenvalue weighted by atomic mass is 9.99. The fraction of sp³-hybridized carbons (Fsp3) is 0.702. The van der Waals surface area contributed by atoms with Crippen LogP contribution in [0.1, 0.15) is 143 Å². The van der Waals surface area contributed by atoms with Crippen LogP contribution in [0, 0.1) is 5.92 Å². The molecule has 21 nitrogen and oxygen atoms in total. The van der Waals surface area contributed by atoms with Crippen LogP contribution in [0.3, 0.4) is 0 Å². The molecule has 70 heavy (non-hydrogen) atoms. The molecule has 1 aliphatic heterocycles. The van der Waals surface area contributed by atoms with E-state index in [4.69, 9.17) is 29.0 Å². The lowest BCUT2D eigenvalue weighted by molar-refractivity contribution is -0.161. The Kier molecular flexibility index (Phi) is 31.2. The van der Waals surface area contributed by atoms with E-state index in [-0.39, 0.29) is 31.5 Å². The zero-order valence-electron chi connectivity index (χ0n) is 40.8. The van der Waals surface area contributed by atoms with E-state index in [0.29, 0.717) is 12.8 Å². The number of rotatable bonds is 38. The Morgan fingerprint density at radius 1 is 0.786 bits per heavy atom. The minimum atomic E-state index is -5.50. The highest BCUT2D eigenvalue weighted by Gasteiger charge is 2.46. The van der Waals surface area contributed by atoms with Gasteiger partial charge in [0.15, 0.2) is 12.3 Å². The normalized spacial score (nSPS) is 21.5. The second-order valence-electron chi connectivity index (χ2n) is 17.4. The fourth-order valence-corrected chi connectivity index (χ4v) is 9.08. The number of aliphatic hydroxyl groups excluding tert-OH is 5. The van der Waals surface area contributed by atoms with Crippen LogP contribution in [-0.4, -0.2) is 119 Å². The Morgan fingerprint density at radius 2 is 1.39 bits per heavy atom. The van der Waals surface area contributed by atoms with Crippen LogP contribution in [0.2, 0.25) is 0 Å². The van der Waals surface area contributed by atoms with Gasteiger partial charge in [-0.05, 0) is 37.7 Å². The average molecular weight is 1040 g/mol. The number of nitrogens with two attached hydrogens (primary N) is 1. The van der Waals surface area contributed by atoms with Crippen molar-refractivity contribution in [3.8, 4) is 0 Å². The molecule has 0 aliphatic carbocycles. The largest absolute Gasteiger partial charge is 0.481 e. The van der Waals surface area contributed by atoms with Crippen molar-refractivity contribution < 1.29 is 81.6 Å². The van der Waals surface area contributed by atoms with Crippen LogP contribution in [0.25, 0.3) is 0 Å². The highest BCUT2D eigenvalue weighted by Crippen LogP contribution is 2.60. The lowest BCUT2D eigenvalue weighted by Crippen LogP contribution is -2.36. The number of phosphoric acid groups is 2. The van der Waals surface area contributed by atoms with E-state index in [2.05, 4.69) is 30.1 Å². The van der Waals surface area contributed by atoms with Crippen molar-refractivity contribution in [2.24, 2.45) is 5.92 Å². The van der Waals surface area contributed by atoms with Crippen molar-refractivity contribution in [2.45, 2.75) is 185 Å². The number of aliphatic hydroxyl groups is 5. The molecule has 400 valence electrons. The topological polar surface area (TPSA) is 326 Å². The summed E-state index contributed by atoms with van der Waals surface area (Å²) in [5.74, 6) is -0.914. The first kappa shape index (κ1) is 62.7. The van der Waals surface area contributed by atoms with Crippen LogP contribution >= 0.6 is 15.6 Å². The number of carbonyl (C=O) groups excluding carboxylic acids is 2. The summed E-state index contributed by atoms with van der Waals surface area (Å²) >= 11 is 0. The van der Waals surface area contributed by atoms with Gasteiger partial charge in [0.25, 0.3) is 0 Å². The number of anilines is 1. The maximum Gasteiger partial charge on any atom is 0.481 e. The number of allylic oxidation sites excluding steroid dienone is 6. The minimum Gasteiger partial charge on any atom is -0.462 e. The molecule has 0 amide bonds. The molecule has 9 N–H and O–H groups in total. The van der Waals surface area contributed by atoms with E-state index in [1.54, 1.807) is 42.5 Å². The van der Waals surface area contributed by atoms with Crippen molar-refractivity contribution >= 4 is 33.4 Å². The summed E-state index contributed by atoms with van der Waals surface area (Å²) in [5.41, 5.74) is 4.55. The Balaban J connectivity index is 1.90. The summed E-state index contributed by atoms with van der Waals surface area (Å²) in [4.78, 5) is 61.8. The van der Waals surface area contributed by atoms with E-state index in [0.717, 1.165) is 68.0 Å². The maximum absolute atomic E-state index is 12.8. The van der Waals surface area contributed by atoms with Crippen LogP contribution in [0.5, 0.6) is 0 Å². The predicted molar refractivity (Wildman–Crippen MR) is 261 cm³/mol. The van der Waals surface area contributed by atoms with Crippen molar-refractivity contribution in [2.75, 3.05) is 25.6 Å². The minimum absolute atomic E-state index is 0.0107. The Bertz CT molecular complexity index is 1930. The maximum atomic E-state index is 12.8. The molecule has 0 radical (unpaired) electrons. The molecule has 0 aromatic carbocycles. The van der Waals surface area contributed by atoms with Gasteiger partial charge in [-0.1, -0.05) is 146 Å². The zero-order valence-corrected chi connectivity index (χ0v) is 42.6. The van der Waals surface area contributed by atoms with Gasteiger partial charge in [-0.25, -0.2) is 13.9 Å². The van der Waals surface area contributed by atoms with Gasteiger partial charge in [0.2, 0.25) is 0 Å². The van der Waals surface area contributed by atoms with Gasteiger partial charge < -0.3 is 55.3 Å². The van der Waals surface area contributed by atoms with E-state index in [1.807, 2.05) is 0 Å². The summed E-state index contributed by atoms with van der Waals surface area (Å²) < 4.78 is 56.4.